The van der Waals surface area contributed by atoms with Crippen LogP contribution in [-0.2, 0) is 6.54 Å². The smallest absolute Gasteiger partial charge is 0.248 e. The monoisotopic (exact) mass is 459 g/mol. The number of carbonyl (C=O) groups is 1. The standard InChI is InChI=1S/C26H29N5OS/c1-29-33-15-14-31-25-11-10-21(20-7-3-2-4-8-20)17-23(25)24(27)12-13-30-18-19-6-5-9-22(16-19)26(28)32/h2-13,16-17,29,31H,14-15,18,27H2,1H3,(H2,28,32)/b24-12-,30-13?. The van der Waals surface area contributed by atoms with Gasteiger partial charge in [-0.1, -0.05) is 60.5 Å². The number of benzene rings is 3. The van der Waals surface area contributed by atoms with Gasteiger partial charge in [-0.2, -0.15) is 0 Å². The van der Waals surface area contributed by atoms with Gasteiger partial charge in [0.05, 0.1) is 6.54 Å². The summed E-state index contributed by atoms with van der Waals surface area (Å²) in [5.41, 5.74) is 17.9. The second kappa shape index (κ2) is 12.5. The zero-order valence-electron chi connectivity index (χ0n) is 18.6. The van der Waals surface area contributed by atoms with Gasteiger partial charge in [-0.05, 0) is 54.1 Å². The summed E-state index contributed by atoms with van der Waals surface area (Å²) >= 11 is 1.65. The predicted octanol–water partition coefficient (Wildman–Crippen LogP) is 4.30. The molecule has 0 bridgehead atoms. The first kappa shape index (κ1) is 24.1. The fraction of sp³-hybridized carbons (Fsp3) is 0.154. The van der Waals surface area contributed by atoms with Gasteiger partial charge in [0.2, 0.25) is 5.91 Å². The Morgan fingerprint density at radius 2 is 1.82 bits per heavy atom. The minimum atomic E-state index is -0.448. The molecule has 0 atom stereocenters. The molecular formula is C26H29N5OS. The third-order valence-corrected chi connectivity index (χ3v) is 5.64. The molecule has 6 nitrogen and oxygen atoms in total. The normalized spacial score (nSPS) is 11.6. The molecule has 3 rings (SSSR count). The lowest BCUT2D eigenvalue weighted by Gasteiger charge is -2.14. The molecule has 0 saturated heterocycles. The van der Waals surface area contributed by atoms with Crippen LogP contribution >= 0.6 is 11.9 Å². The Morgan fingerprint density at radius 3 is 2.58 bits per heavy atom. The zero-order valence-corrected chi connectivity index (χ0v) is 19.4. The van der Waals surface area contributed by atoms with E-state index < -0.39 is 5.91 Å². The molecule has 7 heteroatoms. The van der Waals surface area contributed by atoms with Gasteiger partial charge in [-0.15, -0.1) is 0 Å². The van der Waals surface area contributed by atoms with Crippen molar-refractivity contribution >= 4 is 35.5 Å². The minimum absolute atomic E-state index is 0.432. The Bertz CT molecular complexity index is 1130. The molecule has 33 heavy (non-hydrogen) atoms. The van der Waals surface area contributed by atoms with Crippen LogP contribution in [-0.4, -0.2) is 31.5 Å². The molecule has 0 aliphatic carbocycles. The Hall–Kier alpha value is -3.55. The summed E-state index contributed by atoms with van der Waals surface area (Å²) in [7, 11) is 1.91. The number of aliphatic imine (C=N–C) groups is 1. The van der Waals surface area contributed by atoms with Crippen LogP contribution in [0.5, 0.6) is 0 Å². The Labute approximate surface area is 199 Å². The zero-order chi connectivity index (χ0) is 23.5. The molecule has 6 N–H and O–H groups in total. The number of primary amides is 1. The van der Waals surface area contributed by atoms with E-state index in [-0.39, 0.29) is 0 Å². The van der Waals surface area contributed by atoms with Gasteiger partial charge in [0.15, 0.2) is 0 Å². The largest absolute Gasteiger partial charge is 0.398 e. The molecule has 0 aliphatic rings. The maximum atomic E-state index is 11.3. The van der Waals surface area contributed by atoms with Crippen molar-refractivity contribution in [1.29, 1.82) is 0 Å². The van der Waals surface area contributed by atoms with Crippen molar-refractivity contribution < 1.29 is 4.79 Å². The summed E-state index contributed by atoms with van der Waals surface area (Å²) in [5, 5.41) is 3.47. The molecule has 0 fully saturated rings. The van der Waals surface area contributed by atoms with Gasteiger partial charge in [0.1, 0.15) is 0 Å². The lowest BCUT2D eigenvalue weighted by Crippen LogP contribution is -2.10. The number of rotatable bonds is 11. The summed E-state index contributed by atoms with van der Waals surface area (Å²) in [6, 6.07) is 23.6. The van der Waals surface area contributed by atoms with Crippen LogP contribution in [0.25, 0.3) is 16.8 Å². The second-order valence-corrected chi connectivity index (χ2v) is 8.39. The molecule has 0 aliphatic heterocycles. The number of allylic oxidation sites excluding steroid dienone is 1. The van der Waals surface area contributed by atoms with Crippen molar-refractivity contribution in [3.8, 4) is 11.1 Å². The van der Waals surface area contributed by atoms with E-state index >= 15 is 0 Å². The second-order valence-electron chi connectivity index (χ2n) is 7.28. The molecular weight excluding hydrogens is 430 g/mol. The first-order valence-corrected chi connectivity index (χ1v) is 11.6. The van der Waals surface area contributed by atoms with Gasteiger partial charge in [0.25, 0.3) is 0 Å². The summed E-state index contributed by atoms with van der Waals surface area (Å²) < 4.78 is 3.08. The number of hydrogen-bond donors (Lipinski definition) is 4. The van der Waals surface area contributed by atoms with E-state index in [1.807, 2.05) is 31.3 Å². The summed E-state index contributed by atoms with van der Waals surface area (Å²) in [4.78, 5) is 15.8. The number of amides is 1. The first-order chi connectivity index (χ1) is 16.1. The number of carbonyl (C=O) groups excluding carboxylic acids is 1. The first-order valence-electron chi connectivity index (χ1n) is 10.6. The highest BCUT2D eigenvalue weighted by Gasteiger charge is 2.08. The Balaban J connectivity index is 1.79. The quantitative estimate of drug-likeness (QED) is 0.194. The van der Waals surface area contributed by atoms with Crippen molar-refractivity contribution in [3.63, 3.8) is 0 Å². The molecule has 1 amide bonds. The Morgan fingerprint density at radius 1 is 1.00 bits per heavy atom. The number of nitrogens with zero attached hydrogens (tertiary/aromatic N) is 1. The van der Waals surface area contributed by atoms with Crippen LogP contribution in [0, 0.1) is 0 Å². The van der Waals surface area contributed by atoms with E-state index in [0.717, 1.165) is 40.2 Å². The highest BCUT2D eigenvalue weighted by Crippen LogP contribution is 2.28. The van der Waals surface area contributed by atoms with Crippen LogP contribution in [0.4, 0.5) is 5.69 Å². The molecule has 0 aromatic heterocycles. The van der Waals surface area contributed by atoms with E-state index in [1.165, 1.54) is 0 Å². The van der Waals surface area contributed by atoms with E-state index in [1.54, 1.807) is 42.4 Å². The van der Waals surface area contributed by atoms with Crippen molar-refractivity contribution in [2.45, 2.75) is 6.54 Å². The van der Waals surface area contributed by atoms with Crippen molar-refractivity contribution in [1.82, 2.24) is 4.72 Å². The third-order valence-electron chi connectivity index (χ3n) is 4.95. The van der Waals surface area contributed by atoms with Crippen molar-refractivity contribution in [3.05, 3.63) is 95.6 Å². The summed E-state index contributed by atoms with van der Waals surface area (Å²) in [5.74, 6) is 0.475. The van der Waals surface area contributed by atoms with Gasteiger partial charge in [0, 0.05) is 41.0 Å². The topological polar surface area (TPSA) is 106 Å². The maximum absolute atomic E-state index is 11.3. The van der Waals surface area contributed by atoms with Crippen LogP contribution in [0.15, 0.2) is 83.9 Å². The molecule has 3 aromatic rings. The van der Waals surface area contributed by atoms with E-state index in [2.05, 4.69) is 45.4 Å². The molecule has 170 valence electrons. The molecule has 0 spiro atoms. The van der Waals surface area contributed by atoms with E-state index in [4.69, 9.17) is 11.5 Å². The molecule has 3 aromatic carbocycles. The molecule has 0 saturated carbocycles. The Kier molecular flexibility index (Phi) is 9.11. The maximum Gasteiger partial charge on any atom is 0.248 e. The van der Waals surface area contributed by atoms with Crippen molar-refractivity contribution in [2.75, 3.05) is 24.7 Å². The van der Waals surface area contributed by atoms with Crippen LogP contribution < -0.4 is 21.5 Å². The molecule has 0 heterocycles. The minimum Gasteiger partial charge on any atom is -0.398 e. The lowest BCUT2D eigenvalue weighted by atomic mass is 10.00. The van der Waals surface area contributed by atoms with Crippen LogP contribution in [0.3, 0.4) is 0 Å². The SMILES string of the molecule is CNSCCNc1ccc(-c2ccccc2)cc1/C(N)=C/C=NCc1cccc(C(N)=O)c1. The van der Waals surface area contributed by atoms with Crippen molar-refractivity contribution in [2.24, 2.45) is 16.5 Å². The lowest BCUT2D eigenvalue weighted by molar-refractivity contribution is 0.1000. The average Bonchev–Trinajstić information content (AvgIpc) is 2.85. The summed E-state index contributed by atoms with van der Waals surface area (Å²) in [6.07, 6.45) is 3.50. The highest BCUT2D eigenvalue weighted by atomic mass is 32.2. The highest BCUT2D eigenvalue weighted by molar-refractivity contribution is 7.97. The molecule has 0 radical (unpaired) electrons. The third kappa shape index (κ3) is 7.24. The van der Waals surface area contributed by atoms with Gasteiger partial charge < -0.3 is 16.8 Å². The summed E-state index contributed by atoms with van der Waals surface area (Å²) in [6.45, 7) is 1.24. The number of anilines is 1. The van der Waals surface area contributed by atoms with E-state index in [0.29, 0.717) is 17.8 Å². The van der Waals surface area contributed by atoms with Gasteiger partial charge in [-0.3, -0.25) is 14.5 Å². The average molecular weight is 460 g/mol. The van der Waals surface area contributed by atoms with E-state index in [9.17, 15) is 4.79 Å². The van der Waals surface area contributed by atoms with Gasteiger partial charge >= 0.3 is 0 Å². The van der Waals surface area contributed by atoms with Crippen LogP contribution in [0.1, 0.15) is 21.5 Å². The number of hydrogen-bond acceptors (Lipinski definition) is 6. The number of nitrogens with two attached hydrogens (primary N) is 2. The number of nitrogens with one attached hydrogen (secondary N) is 2. The fourth-order valence-corrected chi connectivity index (χ4v) is 3.70. The van der Waals surface area contributed by atoms with Crippen LogP contribution in [0.2, 0.25) is 0 Å². The predicted molar refractivity (Wildman–Crippen MR) is 141 cm³/mol. The van der Waals surface area contributed by atoms with Gasteiger partial charge in [-0.25, -0.2) is 0 Å². The fourth-order valence-electron chi connectivity index (χ4n) is 3.29. The molecule has 0 unspecified atom stereocenters.